The van der Waals surface area contributed by atoms with Gasteiger partial charge in [-0.15, -0.1) is 11.8 Å². The molecule has 0 spiro atoms. The first-order valence-corrected chi connectivity index (χ1v) is 8.59. The maximum Gasteiger partial charge on any atom is 0.230 e. The third-order valence-electron chi connectivity index (χ3n) is 4.25. The van der Waals surface area contributed by atoms with E-state index >= 15 is 0 Å². The first-order chi connectivity index (χ1) is 9.65. The van der Waals surface area contributed by atoms with Crippen LogP contribution >= 0.6 is 11.8 Å². The summed E-state index contributed by atoms with van der Waals surface area (Å²) in [6, 6.07) is 0.460. The molecule has 2 aliphatic rings. The fourth-order valence-corrected chi connectivity index (χ4v) is 3.70. The van der Waals surface area contributed by atoms with Crippen LogP contribution in [0.1, 0.15) is 42.7 Å². The SMILES string of the molecule is Cc1noc(C)c1CSCC(=O)NC(C1CC1)C1CC1. The fourth-order valence-electron chi connectivity index (χ4n) is 2.71. The Morgan fingerprint density at radius 3 is 2.50 bits per heavy atom. The van der Waals surface area contributed by atoms with E-state index in [4.69, 9.17) is 4.52 Å². The number of carbonyl (C=O) groups is 1. The highest BCUT2D eigenvalue weighted by molar-refractivity contribution is 7.99. The lowest BCUT2D eigenvalue weighted by atomic mass is 10.1. The monoisotopic (exact) mass is 294 g/mol. The van der Waals surface area contributed by atoms with Gasteiger partial charge in [-0.3, -0.25) is 4.79 Å². The molecule has 20 heavy (non-hydrogen) atoms. The third kappa shape index (κ3) is 3.37. The Morgan fingerprint density at radius 1 is 1.35 bits per heavy atom. The number of nitrogens with one attached hydrogen (secondary N) is 1. The summed E-state index contributed by atoms with van der Waals surface area (Å²) in [6.07, 6.45) is 5.20. The minimum Gasteiger partial charge on any atom is -0.361 e. The quantitative estimate of drug-likeness (QED) is 0.840. The summed E-state index contributed by atoms with van der Waals surface area (Å²) in [7, 11) is 0. The summed E-state index contributed by atoms with van der Waals surface area (Å²) in [5.41, 5.74) is 2.06. The van der Waals surface area contributed by atoms with E-state index in [0.717, 1.165) is 34.6 Å². The highest BCUT2D eigenvalue weighted by atomic mass is 32.2. The van der Waals surface area contributed by atoms with Crippen LogP contribution in [0.2, 0.25) is 0 Å². The molecule has 1 aromatic heterocycles. The molecule has 4 nitrogen and oxygen atoms in total. The van der Waals surface area contributed by atoms with E-state index in [-0.39, 0.29) is 5.91 Å². The standard InChI is InChI=1S/C15H22N2O2S/c1-9-13(10(2)19-17-9)7-20-8-14(18)16-15(11-3-4-11)12-5-6-12/h11-12,15H,3-8H2,1-2H3,(H,16,18). The van der Waals surface area contributed by atoms with Crippen LogP contribution in [0.3, 0.4) is 0 Å². The Bertz CT molecular complexity index is 461. The summed E-state index contributed by atoms with van der Waals surface area (Å²) in [5, 5.41) is 7.19. The molecule has 2 aliphatic carbocycles. The van der Waals surface area contributed by atoms with Crippen molar-refractivity contribution in [3.8, 4) is 0 Å². The molecule has 0 radical (unpaired) electrons. The van der Waals surface area contributed by atoms with Crippen LogP contribution in [0.4, 0.5) is 0 Å². The second kappa shape index (κ2) is 5.80. The van der Waals surface area contributed by atoms with Crippen LogP contribution in [-0.2, 0) is 10.5 Å². The highest BCUT2D eigenvalue weighted by Crippen LogP contribution is 2.44. The average Bonchev–Trinajstić information content (AvgIpc) is 3.30. The Morgan fingerprint density at radius 2 is 2.00 bits per heavy atom. The molecule has 0 bridgehead atoms. The van der Waals surface area contributed by atoms with Crippen molar-refractivity contribution in [3.63, 3.8) is 0 Å². The molecule has 0 aliphatic heterocycles. The van der Waals surface area contributed by atoms with Crippen LogP contribution in [0.5, 0.6) is 0 Å². The number of amides is 1. The Balaban J connectivity index is 1.42. The number of hydrogen-bond acceptors (Lipinski definition) is 4. The molecule has 1 aromatic rings. The molecule has 1 amide bonds. The van der Waals surface area contributed by atoms with Crippen LogP contribution in [-0.4, -0.2) is 22.9 Å². The van der Waals surface area contributed by atoms with E-state index in [1.54, 1.807) is 11.8 Å². The van der Waals surface area contributed by atoms with Gasteiger partial charge in [-0.1, -0.05) is 5.16 Å². The van der Waals surface area contributed by atoms with Crippen LogP contribution in [0.15, 0.2) is 4.52 Å². The number of nitrogens with zero attached hydrogens (tertiary/aromatic N) is 1. The fraction of sp³-hybridized carbons (Fsp3) is 0.733. The van der Waals surface area contributed by atoms with Crippen molar-refractivity contribution in [2.45, 2.75) is 51.3 Å². The lowest BCUT2D eigenvalue weighted by molar-refractivity contribution is -0.119. The zero-order chi connectivity index (χ0) is 14.1. The minimum absolute atomic E-state index is 0.186. The van der Waals surface area contributed by atoms with Crippen molar-refractivity contribution in [1.82, 2.24) is 10.5 Å². The van der Waals surface area contributed by atoms with Crippen molar-refractivity contribution in [2.75, 3.05) is 5.75 Å². The average molecular weight is 294 g/mol. The number of rotatable bonds is 7. The van der Waals surface area contributed by atoms with Gasteiger partial charge in [0, 0.05) is 17.4 Å². The molecule has 1 N–H and O–H groups in total. The van der Waals surface area contributed by atoms with E-state index in [2.05, 4.69) is 10.5 Å². The second-order valence-electron chi connectivity index (χ2n) is 6.06. The lowest BCUT2D eigenvalue weighted by Crippen LogP contribution is -2.39. The molecule has 1 heterocycles. The number of aryl methyl sites for hydroxylation is 2. The van der Waals surface area contributed by atoms with Gasteiger partial charge in [0.15, 0.2) is 0 Å². The molecule has 5 heteroatoms. The van der Waals surface area contributed by atoms with E-state index in [1.165, 1.54) is 25.7 Å². The van der Waals surface area contributed by atoms with Gasteiger partial charge in [-0.25, -0.2) is 0 Å². The molecule has 0 unspecified atom stereocenters. The first-order valence-electron chi connectivity index (χ1n) is 7.44. The molecule has 2 fully saturated rings. The first kappa shape index (κ1) is 14.0. The summed E-state index contributed by atoms with van der Waals surface area (Å²) in [5.74, 6) is 3.90. The van der Waals surface area contributed by atoms with Gasteiger partial charge in [0.05, 0.1) is 11.4 Å². The summed E-state index contributed by atoms with van der Waals surface area (Å²) in [6.45, 7) is 3.87. The summed E-state index contributed by atoms with van der Waals surface area (Å²) < 4.78 is 5.13. The second-order valence-corrected chi connectivity index (χ2v) is 7.05. The van der Waals surface area contributed by atoms with Gasteiger partial charge >= 0.3 is 0 Å². The molecule has 0 saturated heterocycles. The van der Waals surface area contributed by atoms with Crippen molar-refractivity contribution < 1.29 is 9.32 Å². The summed E-state index contributed by atoms with van der Waals surface area (Å²) >= 11 is 1.64. The minimum atomic E-state index is 0.186. The van der Waals surface area contributed by atoms with Gasteiger partial charge < -0.3 is 9.84 Å². The van der Waals surface area contributed by atoms with Crippen molar-refractivity contribution in [3.05, 3.63) is 17.0 Å². The van der Waals surface area contributed by atoms with Crippen molar-refractivity contribution in [1.29, 1.82) is 0 Å². The maximum absolute atomic E-state index is 12.0. The van der Waals surface area contributed by atoms with Crippen molar-refractivity contribution in [2.24, 2.45) is 11.8 Å². The zero-order valence-electron chi connectivity index (χ0n) is 12.1. The van der Waals surface area contributed by atoms with Gasteiger partial charge in [-0.2, -0.15) is 0 Å². The van der Waals surface area contributed by atoms with E-state index in [0.29, 0.717) is 11.8 Å². The molecule has 0 atom stereocenters. The normalized spacial score (nSPS) is 18.6. The topological polar surface area (TPSA) is 55.1 Å². The van der Waals surface area contributed by atoms with E-state index < -0.39 is 0 Å². The lowest BCUT2D eigenvalue weighted by Gasteiger charge is -2.17. The number of thioether (sulfide) groups is 1. The Kier molecular flexibility index (Phi) is 4.06. The number of carbonyl (C=O) groups excluding carboxylic acids is 1. The van der Waals surface area contributed by atoms with E-state index in [9.17, 15) is 4.79 Å². The molecule has 110 valence electrons. The highest BCUT2D eigenvalue weighted by Gasteiger charge is 2.42. The van der Waals surface area contributed by atoms with Gasteiger partial charge in [0.2, 0.25) is 5.91 Å². The predicted octanol–water partition coefficient (Wildman–Crippen LogP) is 2.83. The molecular weight excluding hydrogens is 272 g/mol. The Labute approximate surface area is 124 Å². The maximum atomic E-state index is 12.0. The predicted molar refractivity (Wildman–Crippen MR) is 79.5 cm³/mol. The molecule has 0 aromatic carbocycles. The number of hydrogen-bond donors (Lipinski definition) is 1. The third-order valence-corrected chi connectivity index (χ3v) is 5.21. The van der Waals surface area contributed by atoms with Crippen LogP contribution < -0.4 is 5.32 Å². The Hall–Kier alpha value is -0.970. The van der Waals surface area contributed by atoms with Gasteiger partial charge in [0.1, 0.15) is 5.76 Å². The van der Waals surface area contributed by atoms with Crippen molar-refractivity contribution >= 4 is 17.7 Å². The summed E-state index contributed by atoms with van der Waals surface area (Å²) in [4.78, 5) is 12.0. The van der Waals surface area contributed by atoms with Crippen LogP contribution in [0, 0.1) is 25.7 Å². The van der Waals surface area contributed by atoms with E-state index in [1.807, 2.05) is 13.8 Å². The zero-order valence-corrected chi connectivity index (χ0v) is 13.0. The molecular formula is C15H22N2O2S. The molecule has 3 rings (SSSR count). The largest absolute Gasteiger partial charge is 0.361 e. The van der Waals surface area contributed by atoms with Crippen LogP contribution in [0.25, 0.3) is 0 Å². The smallest absolute Gasteiger partial charge is 0.230 e. The van der Waals surface area contributed by atoms with Gasteiger partial charge in [0.25, 0.3) is 0 Å². The van der Waals surface area contributed by atoms with Gasteiger partial charge in [-0.05, 0) is 51.4 Å². The molecule has 2 saturated carbocycles. The number of aromatic nitrogens is 1.